The zero-order chi connectivity index (χ0) is 62.0. The fourth-order valence-corrected chi connectivity index (χ4v) is 11.4. The Kier molecular flexibility index (Phi) is 17.8. The number of esters is 2. The van der Waals surface area contributed by atoms with E-state index in [9.17, 15) is 18.4 Å². The summed E-state index contributed by atoms with van der Waals surface area (Å²) in [4.78, 5) is 46.6. The van der Waals surface area contributed by atoms with Crippen LogP contribution in [-0.4, -0.2) is 92.9 Å². The molecule has 0 N–H and O–H groups in total. The predicted molar refractivity (Wildman–Crippen MR) is 316 cm³/mol. The molecule has 4 aromatic heterocycles. The zero-order valence-electron chi connectivity index (χ0n) is 47.5. The molecule has 0 spiro atoms. The van der Waals surface area contributed by atoms with E-state index in [1.54, 1.807) is 33.4 Å². The van der Waals surface area contributed by atoms with Crippen LogP contribution in [0.4, 0.5) is 26.3 Å². The summed E-state index contributed by atoms with van der Waals surface area (Å²) in [5.41, 5.74) is 1.65. The maximum absolute atomic E-state index is 16.3. The van der Waals surface area contributed by atoms with Crippen LogP contribution in [0.15, 0.2) is 133 Å². The number of halogens is 8. The fourth-order valence-electron chi connectivity index (χ4n) is 11.1. The topological polar surface area (TPSA) is 160 Å². The van der Waals surface area contributed by atoms with Crippen molar-refractivity contribution < 1.29 is 69.1 Å². The predicted octanol–water partition coefficient (Wildman–Crippen LogP) is 13.9. The van der Waals surface area contributed by atoms with Gasteiger partial charge in [0.15, 0.2) is 0 Å². The largest absolute Gasteiger partial charge is 0.473 e. The average Bonchev–Trinajstić information content (AvgIpc) is 1.71. The minimum Gasteiger partial charge on any atom is -0.473 e. The van der Waals surface area contributed by atoms with Gasteiger partial charge in [-0.15, -0.1) is 0 Å². The smallest absolute Gasteiger partial charge is 0.346 e. The number of rotatable bonds is 20. The molecule has 456 valence electrons. The molecule has 0 saturated carbocycles. The van der Waals surface area contributed by atoms with Crippen molar-refractivity contribution in [2.75, 3.05) is 39.6 Å². The molecule has 2 aliphatic heterocycles. The van der Waals surface area contributed by atoms with Gasteiger partial charge in [-0.2, -0.15) is 0 Å². The molecular formula is C66H52Cl2F6N6O9. The van der Waals surface area contributed by atoms with Crippen molar-refractivity contribution in [1.82, 2.24) is 29.1 Å². The second-order valence-corrected chi connectivity index (χ2v) is 21.9. The van der Waals surface area contributed by atoms with Gasteiger partial charge in [-0.1, -0.05) is 47.5 Å². The molecule has 6 heterocycles. The summed E-state index contributed by atoms with van der Waals surface area (Å²) in [5.74, 6) is -5.61. The van der Waals surface area contributed by atoms with Crippen molar-refractivity contribution in [3.8, 4) is 34.3 Å². The lowest BCUT2D eigenvalue weighted by Crippen LogP contribution is -2.27. The van der Waals surface area contributed by atoms with Gasteiger partial charge in [0.2, 0.25) is 11.8 Å². The number of benzene rings is 6. The number of hydrogen-bond acceptors (Lipinski definition) is 13. The SMILES string of the molecule is CCO[C@H]1COC[C@H]1n1c(Cc2cc(F)c(-c3cccc(OCc4ccc(Cl)cc4F)n3)cc2F)nc2ccc(C(=O)OC(=O)c3ccc4nc(Cc5cc(F)c(-c6cccc(OCc7ccc(Cl)cc7F)n6)cc5F)n([C@@H]5COC[C@@H]5OCC)c4c3)cc21. The molecule has 0 bridgehead atoms. The van der Waals surface area contributed by atoms with Crippen LogP contribution in [-0.2, 0) is 49.7 Å². The Bertz CT molecular complexity index is 4090. The third-order valence-corrected chi connectivity index (χ3v) is 15.8. The van der Waals surface area contributed by atoms with Crippen molar-refractivity contribution in [1.29, 1.82) is 0 Å². The molecule has 12 rings (SSSR count). The van der Waals surface area contributed by atoms with Crippen LogP contribution in [0.3, 0.4) is 0 Å². The van der Waals surface area contributed by atoms with E-state index in [0.29, 0.717) is 46.9 Å². The first-order valence-corrected chi connectivity index (χ1v) is 29.1. The van der Waals surface area contributed by atoms with Crippen LogP contribution in [0.25, 0.3) is 44.6 Å². The first-order chi connectivity index (χ1) is 43.1. The number of nitrogens with zero attached hydrogens (tertiary/aromatic N) is 6. The zero-order valence-corrected chi connectivity index (χ0v) is 49.0. The van der Waals surface area contributed by atoms with Gasteiger partial charge in [-0.3, -0.25) is 0 Å². The number of aromatic nitrogens is 6. The molecule has 0 unspecified atom stereocenters. The fraction of sp³-hybridized carbons (Fsp3) is 0.242. The lowest BCUT2D eigenvalue weighted by Gasteiger charge is -2.22. The molecule has 4 atom stereocenters. The highest BCUT2D eigenvalue weighted by Gasteiger charge is 2.36. The van der Waals surface area contributed by atoms with E-state index in [4.69, 9.17) is 66.3 Å². The molecule has 6 aromatic carbocycles. The van der Waals surface area contributed by atoms with Crippen LogP contribution in [0, 0.1) is 34.9 Å². The number of imidazole rings is 2. The summed E-state index contributed by atoms with van der Waals surface area (Å²) in [5, 5.41) is 0.439. The normalized spacial score (nSPS) is 16.6. The number of carbonyl (C=O) groups is 2. The van der Waals surface area contributed by atoms with Crippen molar-refractivity contribution in [3.05, 3.63) is 223 Å². The van der Waals surface area contributed by atoms with Crippen molar-refractivity contribution in [2.45, 2.75) is 64.2 Å². The number of carbonyl (C=O) groups excluding carboxylic acids is 2. The van der Waals surface area contributed by atoms with Gasteiger partial charge in [0.05, 0.1) is 83.1 Å². The molecule has 0 radical (unpaired) electrons. The van der Waals surface area contributed by atoms with Crippen LogP contribution in [0.1, 0.15) is 80.5 Å². The van der Waals surface area contributed by atoms with Gasteiger partial charge in [-0.05, 0) is 122 Å². The van der Waals surface area contributed by atoms with Gasteiger partial charge >= 0.3 is 11.9 Å². The summed E-state index contributed by atoms with van der Waals surface area (Å²) in [6.45, 7) is 4.67. The van der Waals surface area contributed by atoms with E-state index in [1.807, 2.05) is 13.8 Å². The first-order valence-electron chi connectivity index (χ1n) is 28.3. The Morgan fingerprint density at radius 3 is 1.34 bits per heavy atom. The Morgan fingerprint density at radius 2 is 0.921 bits per heavy atom. The van der Waals surface area contributed by atoms with Gasteiger partial charge in [0, 0.05) is 70.5 Å². The summed E-state index contributed by atoms with van der Waals surface area (Å²) in [6, 6.07) is 29.4. The molecular weight excluding hydrogens is 1210 g/mol. The molecule has 23 heteroatoms. The van der Waals surface area contributed by atoms with E-state index in [-0.39, 0.29) is 130 Å². The van der Waals surface area contributed by atoms with Crippen molar-refractivity contribution in [2.24, 2.45) is 0 Å². The van der Waals surface area contributed by atoms with Crippen LogP contribution in [0.5, 0.6) is 11.8 Å². The third kappa shape index (κ3) is 12.9. The minimum absolute atomic E-state index is 0.0389. The first kappa shape index (κ1) is 60.6. The lowest BCUT2D eigenvalue weighted by atomic mass is 10.0. The van der Waals surface area contributed by atoms with E-state index in [0.717, 1.165) is 36.4 Å². The monoisotopic (exact) mass is 1260 g/mol. The Balaban J connectivity index is 0.798. The van der Waals surface area contributed by atoms with Crippen molar-refractivity contribution in [3.63, 3.8) is 0 Å². The van der Waals surface area contributed by atoms with Crippen LogP contribution >= 0.6 is 23.2 Å². The minimum atomic E-state index is -1.02. The second kappa shape index (κ2) is 26.2. The summed E-state index contributed by atoms with van der Waals surface area (Å²) >= 11 is 11.8. The molecule has 15 nitrogen and oxygen atoms in total. The summed E-state index contributed by atoms with van der Waals surface area (Å²) in [7, 11) is 0. The van der Waals surface area contributed by atoms with Crippen molar-refractivity contribution >= 4 is 57.2 Å². The van der Waals surface area contributed by atoms with Gasteiger partial charge in [0.1, 0.15) is 72.0 Å². The lowest BCUT2D eigenvalue weighted by molar-refractivity contribution is 0.0364. The molecule has 89 heavy (non-hydrogen) atoms. The van der Waals surface area contributed by atoms with E-state index in [1.165, 1.54) is 72.8 Å². The summed E-state index contributed by atoms with van der Waals surface area (Å²) in [6.07, 6.45) is -1.41. The van der Waals surface area contributed by atoms with Gasteiger partial charge in [0.25, 0.3) is 0 Å². The molecule has 0 amide bonds. The molecule has 0 aliphatic carbocycles. The number of hydrogen-bond donors (Lipinski definition) is 0. The van der Waals surface area contributed by atoms with Crippen LogP contribution in [0.2, 0.25) is 10.0 Å². The number of pyridine rings is 2. The second-order valence-electron chi connectivity index (χ2n) is 21.0. The number of fused-ring (bicyclic) bond motifs is 2. The highest BCUT2D eigenvalue weighted by Crippen LogP contribution is 2.36. The Labute approximate surface area is 514 Å². The van der Waals surface area contributed by atoms with Crippen LogP contribution < -0.4 is 9.47 Å². The summed E-state index contributed by atoms with van der Waals surface area (Å²) < 4.78 is 138. The molecule has 10 aromatic rings. The molecule has 2 saturated heterocycles. The van der Waals surface area contributed by atoms with E-state index in [2.05, 4.69) is 9.97 Å². The number of ether oxygens (including phenoxy) is 7. The highest BCUT2D eigenvalue weighted by molar-refractivity contribution is 6.30. The van der Waals surface area contributed by atoms with Gasteiger partial charge in [-0.25, -0.2) is 55.9 Å². The molecule has 2 fully saturated rings. The quantitative estimate of drug-likeness (QED) is 0.0403. The average molecular weight is 1260 g/mol. The third-order valence-electron chi connectivity index (χ3n) is 15.4. The standard InChI is InChI=1S/C66H52Cl2F6N6O9/c1-3-85-59-33-83-31-57(59)79-55-21-35(13-17-53(55)75-61(79)23-39-19-49(73)43(27-47(39)71)51-7-5-9-63(77-51)87-29-37-11-15-41(67)25-45(37)69)65(81)89-66(82)36-14-18-54-56(22-36)80(58-32-84-34-60(58)86-4-2)62(76-54)24-40-20-50(74)44(28-48(40)72)52-8-6-10-64(78-52)88-30-38-12-16-42(68)26-46(38)70/h5-22,25-28,57-60H,3-4,23-24,29-34H2,1-2H3/t57-,58-,59+,60+/m1/s1. The molecule has 2 aliphatic rings. The Hall–Kier alpha value is -8.70. The van der Waals surface area contributed by atoms with E-state index < -0.39 is 71.1 Å². The van der Waals surface area contributed by atoms with Gasteiger partial charge < -0.3 is 42.3 Å². The van der Waals surface area contributed by atoms with E-state index >= 15 is 17.6 Å². The Morgan fingerprint density at radius 1 is 0.494 bits per heavy atom. The maximum atomic E-state index is 16.3. The highest BCUT2D eigenvalue weighted by atomic mass is 35.5. The maximum Gasteiger partial charge on any atom is 0.346 e.